The smallest absolute Gasteiger partial charge is 0.235 e. The van der Waals surface area contributed by atoms with Gasteiger partial charge in [-0.05, 0) is 42.3 Å². The van der Waals surface area contributed by atoms with Crippen molar-refractivity contribution in [1.82, 2.24) is 0 Å². The molecule has 9 heteroatoms. The number of benzene rings is 2. The lowest BCUT2D eigenvalue weighted by Gasteiger charge is -2.22. The molecule has 2 aromatic rings. The molecule has 144 valence electrons. The Labute approximate surface area is 173 Å². The first-order chi connectivity index (χ1) is 12.7. The van der Waals surface area contributed by atoms with E-state index in [2.05, 4.69) is 11.9 Å². The summed E-state index contributed by atoms with van der Waals surface area (Å²) in [6, 6.07) is 8.13. The molecule has 0 aliphatic carbocycles. The van der Waals surface area contributed by atoms with Crippen LogP contribution < -0.4 is 9.62 Å². The monoisotopic (exact) mass is 446 g/mol. The maximum absolute atomic E-state index is 12.2. The van der Waals surface area contributed by atoms with E-state index in [4.69, 9.17) is 34.8 Å². The highest BCUT2D eigenvalue weighted by Gasteiger charge is 2.30. The van der Waals surface area contributed by atoms with Crippen LogP contribution >= 0.6 is 34.8 Å². The lowest BCUT2D eigenvalue weighted by molar-refractivity contribution is 0.208. The van der Waals surface area contributed by atoms with Gasteiger partial charge < -0.3 is 10.4 Å². The first kappa shape index (κ1) is 20.3. The highest BCUT2D eigenvalue weighted by atomic mass is 35.5. The van der Waals surface area contributed by atoms with Gasteiger partial charge in [0.2, 0.25) is 10.0 Å². The van der Waals surface area contributed by atoms with Crippen LogP contribution in [-0.4, -0.2) is 25.8 Å². The molecule has 1 atom stereocenters. The molecule has 1 fully saturated rings. The second kappa shape index (κ2) is 7.89. The predicted octanol–water partition coefficient (Wildman–Crippen LogP) is 4.93. The molecule has 0 bridgehead atoms. The number of hydrogen-bond acceptors (Lipinski definition) is 4. The first-order valence-electron chi connectivity index (χ1n) is 8.08. The second-order valence-electron chi connectivity index (χ2n) is 6.10. The number of aliphatic hydroxyl groups excluding tert-OH is 1. The highest BCUT2D eigenvalue weighted by molar-refractivity contribution is 7.93. The van der Waals surface area contributed by atoms with Gasteiger partial charge in [-0.15, -0.1) is 0 Å². The standard InChI is InChI=1S/C18H17Cl3N2O3S/c1-2-11-6-12(19)8-13(7-11)22-18(24)15-9-14(10-16(20)17(15)21)23-4-3-5-27(23,25)26/h2,6-10,18,22,24H,1,3-5H2. The fourth-order valence-electron chi connectivity index (χ4n) is 2.92. The predicted molar refractivity (Wildman–Crippen MR) is 112 cm³/mol. The van der Waals surface area contributed by atoms with E-state index in [1.807, 2.05) is 0 Å². The number of nitrogens with one attached hydrogen (secondary N) is 1. The van der Waals surface area contributed by atoms with Gasteiger partial charge in [-0.25, -0.2) is 8.42 Å². The van der Waals surface area contributed by atoms with Crippen molar-refractivity contribution < 1.29 is 13.5 Å². The van der Waals surface area contributed by atoms with E-state index < -0.39 is 16.3 Å². The molecule has 2 N–H and O–H groups in total. The summed E-state index contributed by atoms with van der Waals surface area (Å²) in [4.78, 5) is 0. The quantitative estimate of drug-likeness (QED) is 0.637. The average molecular weight is 448 g/mol. The molecule has 0 amide bonds. The molecule has 5 nitrogen and oxygen atoms in total. The molecular formula is C18H17Cl3N2O3S. The molecule has 0 aromatic heterocycles. The van der Waals surface area contributed by atoms with Gasteiger partial charge in [-0.1, -0.05) is 47.5 Å². The summed E-state index contributed by atoms with van der Waals surface area (Å²) in [6.45, 7) is 4.06. The Morgan fingerprint density at radius 3 is 2.56 bits per heavy atom. The summed E-state index contributed by atoms with van der Waals surface area (Å²) in [7, 11) is -3.38. The van der Waals surface area contributed by atoms with Gasteiger partial charge in [0.15, 0.2) is 6.23 Å². The van der Waals surface area contributed by atoms with Crippen LogP contribution in [0.4, 0.5) is 11.4 Å². The molecule has 3 rings (SSSR count). The van der Waals surface area contributed by atoms with Gasteiger partial charge in [0, 0.05) is 22.8 Å². The third kappa shape index (κ3) is 4.36. The Kier molecular flexibility index (Phi) is 5.93. The van der Waals surface area contributed by atoms with Crippen molar-refractivity contribution in [1.29, 1.82) is 0 Å². The first-order valence-corrected chi connectivity index (χ1v) is 10.8. The fourth-order valence-corrected chi connectivity index (χ4v) is 5.14. The number of sulfonamides is 1. The van der Waals surface area contributed by atoms with Crippen LogP contribution in [-0.2, 0) is 10.0 Å². The van der Waals surface area contributed by atoms with Crippen molar-refractivity contribution in [3.05, 3.63) is 63.1 Å². The molecule has 1 heterocycles. The Hall–Kier alpha value is -1.44. The molecule has 0 saturated carbocycles. The minimum atomic E-state index is -3.38. The van der Waals surface area contributed by atoms with E-state index in [9.17, 15) is 13.5 Å². The SMILES string of the molecule is C=Cc1cc(Cl)cc(NC(O)c2cc(N3CCCS3(=O)=O)cc(Cl)c2Cl)c1. The Morgan fingerprint density at radius 1 is 1.19 bits per heavy atom. The largest absolute Gasteiger partial charge is 0.369 e. The van der Waals surface area contributed by atoms with Gasteiger partial charge in [0.1, 0.15) is 0 Å². The summed E-state index contributed by atoms with van der Waals surface area (Å²) in [5.41, 5.74) is 1.96. The Balaban J connectivity index is 1.96. The average Bonchev–Trinajstić information content (AvgIpc) is 2.95. The normalized spacial score (nSPS) is 17.0. The van der Waals surface area contributed by atoms with Crippen LogP contribution in [0.25, 0.3) is 6.08 Å². The van der Waals surface area contributed by atoms with Crippen molar-refractivity contribution >= 4 is 62.3 Å². The van der Waals surface area contributed by atoms with Gasteiger partial charge in [-0.2, -0.15) is 0 Å². The van der Waals surface area contributed by atoms with Crippen LogP contribution in [0.15, 0.2) is 36.9 Å². The third-order valence-electron chi connectivity index (χ3n) is 4.18. The second-order valence-corrected chi connectivity index (χ2v) is 9.33. The fraction of sp³-hybridized carbons (Fsp3) is 0.222. The summed E-state index contributed by atoms with van der Waals surface area (Å²) < 4.78 is 25.7. The molecule has 0 radical (unpaired) electrons. The van der Waals surface area contributed by atoms with Crippen LogP contribution in [0, 0.1) is 0 Å². The summed E-state index contributed by atoms with van der Waals surface area (Å²) in [6.07, 6.45) is 0.939. The molecule has 0 spiro atoms. The summed E-state index contributed by atoms with van der Waals surface area (Å²) in [5.74, 6) is 0.0796. The van der Waals surface area contributed by atoms with E-state index in [1.165, 1.54) is 16.4 Å². The van der Waals surface area contributed by atoms with Crippen LogP contribution in [0.3, 0.4) is 0 Å². The van der Waals surface area contributed by atoms with E-state index in [1.54, 1.807) is 24.3 Å². The van der Waals surface area contributed by atoms with E-state index in [0.717, 1.165) is 5.56 Å². The molecule has 27 heavy (non-hydrogen) atoms. The Bertz CT molecular complexity index is 996. The lowest BCUT2D eigenvalue weighted by atomic mass is 10.1. The highest BCUT2D eigenvalue weighted by Crippen LogP contribution is 2.37. The van der Waals surface area contributed by atoms with Gasteiger partial charge >= 0.3 is 0 Å². The zero-order valence-electron chi connectivity index (χ0n) is 14.1. The number of rotatable bonds is 5. The van der Waals surface area contributed by atoms with Crippen LogP contribution in [0.1, 0.15) is 23.8 Å². The zero-order chi connectivity index (χ0) is 19.8. The third-order valence-corrected chi connectivity index (χ3v) is 7.09. The van der Waals surface area contributed by atoms with E-state index in [-0.39, 0.29) is 21.4 Å². The number of halogens is 3. The summed E-state index contributed by atoms with van der Waals surface area (Å²) in [5, 5.41) is 14.3. The molecule has 2 aromatic carbocycles. The number of hydrogen-bond donors (Lipinski definition) is 2. The van der Waals surface area contributed by atoms with Gasteiger partial charge in [0.25, 0.3) is 0 Å². The molecule has 1 unspecified atom stereocenters. The van der Waals surface area contributed by atoms with Gasteiger partial charge in [-0.3, -0.25) is 4.31 Å². The van der Waals surface area contributed by atoms with Crippen molar-refractivity contribution in [3.63, 3.8) is 0 Å². The van der Waals surface area contributed by atoms with Crippen molar-refractivity contribution in [2.75, 3.05) is 21.9 Å². The number of nitrogens with zero attached hydrogens (tertiary/aromatic N) is 1. The topological polar surface area (TPSA) is 69.6 Å². The molecule has 1 aliphatic rings. The van der Waals surface area contributed by atoms with Crippen molar-refractivity contribution in [2.45, 2.75) is 12.6 Å². The minimum absolute atomic E-state index is 0.0796. The maximum Gasteiger partial charge on any atom is 0.235 e. The van der Waals surface area contributed by atoms with E-state index >= 15 is 0 Å². The minimum Gasteiger partial charge on any atom is -0.369 e. The lowest BCUT2D eigenvalue weighted by Crippen LogP contribution is -2.25. The van der Waals surface area contributed by atoms with E-state index in [0.29, 0.717) is 29.4 Å². The number of anilines is 2. The maximum atomic E-state index is 12.2. The molecule has 1 saturated heterocycles. The van der Waals surface area contributed by atoms with Crippen molar-refractivity contribution in [3.8, 4) is 0 Å². The van der Waals surface area contributed by atoms with Crippen molar-refractivity contribution in [2.24, 2.45) is 0 Å². The zero-order valence-corrected chi connectivity index (χ0v) is 17.2. The van der Waals surface area contributed by atoms with Crippen LogP contribution in [0.5, 0.6) is 0 Å². The number of aliphatic hydroxyl groups is 1. The Morgan fingerprint density at radius 2 is 1.93 bits per heavy atom. The van der Waals surface area contributed by atoms with Gasteiger partial charge in [0.05, 0.1) is 21.5 Å². The molecule has 1 aliphatic heterocycles. The molecular weight excluding hydrogens is 431 g/mol. The van der Waals surface area contributed by atoms with Crippen LogP contribution in [0.2, 0.25) is 15.1 Å². The summed E-state index contributed by atoms with van der Waals surface area (Å²) >= 11 is 18.5.